The van der Waals surface area contributed by atoms with E-state index in [1.54, 1.807) is 24.3 Å². The minimum absolute atomic E-state index is 0.00996. The fourth-order valence-corrected chi connectivity index (χ4v) is 4.78. The first-order chi connectivity index (χ1) is 15.2. The molecule has 0 aromatic heterocycles. The van der Waals surface area contributed by atoms with Gasteiger partial charge in [-0.1, -0.05) is 28.7 Å². The summed E-state index contributed by atoms with van der Waals surface area (Å²) in [5.74, 6) is -1.10. The maximum atomic E-state index is 12.3. The highest BCUT2D eigenvalue weighted by Gasteiger charge is 2.25. The van der Waals surface area contributed by atoms with Gasteiger partial charge in [-0.2, -0.15) is 0 Å². The molecule has 0 saturated heterocycles. The second-order valence-corrected chi connectivity index (χ2v) is 9.67. The molecule has 162 valence electrons. The maximum absolute atomic E-state index is 12.3. The maximum Gasteiger partial charge on any atom is 0.336 e. The van der Waals surface area contributed by atoms with E-state index < -0.39 is 5.97 Å². The van der Waals surface area contributed by atoms with E-state index in [0.717, 1.165) is 0 Å². The Morgan fingerprint density at radius 2 is 1.72 bits per heavy atom. The van der Waals surface area contributed by atoms with Gasteiger partial charge in [0.05, 0.1) is 13.6 Å². The number of anilines is 1. The molecule has 0 bridgehead atoms. The number of benzene rings is 3. The first-order valence-corrected chi connectivity index (χ1v) is 12.7. The van der Waals surface area contributed by atoms with Crippen LogP contribution in [0.3, 0.4) is 0 Å². The Labute approximate surface area is 222 Å². The number of hydrogen-bond acceptors (Lipinski definition) is 5. The minimum atomic E-state index is -1.17. The number of rotatable bonds is 4. The van der Waals surface area contributed by atoms with Crippen molar-refractivity contribution in [2.45, 2.75) is 0 Å². The Morgan fingerprint density at radius 3 is 2.41 bits per heavy atom. The Hall–Kier alpha value is -1.94. The third-order valence-electron chi connectivity index (χ3n) is 4.81. The number of aromatic carboxylic acids is 1. The average Bonchev–Trinajstić information content (AvgIpc) is 2.78. The van der Waals surface area contributed by atoms with E-state index in [4.69, 9.17) is 4.42 Å². The number of phenols is 1. The molecular weight excluding hydrogens is 755 g/mol. The monoisotopic (exact) mass is 767 g/mol. The summed E-state index contributed by atoms with van der Waals surface area (Å²) in [7, 11) is 0. The second kappa shape index (κ2) is 9.13. The summed E-state index contributed by atoms with van der Waals surface area (Å²) in [4.78, 5) is 36.2. The molecule has 32 heavy (non-hydrogen) atoms. The molecular formula is C22H12I3NO6. The molecule has 1 aliphatic carbocycles. The van der Waals surface area contributed by atoms with Crippen LogP contribution >= 0.6 is 67.8 Å². The third-order valence-corrected chi connectivity index (χ3v) is 7.56. The van der Waals surface area contributed by atoms with E-state index in [2.05, 4.69) is 5.32 Å². The molecule has 3 N–H and O–H groups in total. The first-order valence-electron chi connectivity index (χ1n) is 9.03. The number of nitrogens with one attached hydrogen (secondary N) is 1. The van der Waals surface area contributed by atoms with Gasteiger partial charge in [0.2, 0.25) is 5.91 Å². The van der Waals surface area contributed by atoms with Crippen LogP contribution in [0.15, 0.2) is 51.7 Å². The lowest BCUT2D eigenvalue weighted by Gasteiger charge is -2.19. The standard InChI is InChI=1S/C22H12I3NO6/c23-8-16(29)26-9-1-2-10(13(7-9)22(30)31)17-11-3-5-14(27)18(24)20(11)32-21-12(17)4-6-15(28)19(21)25/h1-7,27H,8H2,(H,26,29)(H,30,31). The number of hydrogen-bond donors (Lipinski definition) is 3. The van der Waals surface area contributed by atoms with Gasteiger partial charge < -0.3 is 19.9 Å². The highest BCUT2D eigenvalue weighted by molar-refractivity contribution is 14.1. The van der Waals surface area contributed by atoms with Crippen LogP contribution in [0.5, 0.6) is 5.75 Å². The van der Waals surface area contributed by atoms with Crippen molar-refractivity contribution in [1.82, 2.24) is 0 Å². The summed E-state index contributed by atoms with van der Waals surface area (Å²) in [6, 6.07) is 10.8. The van der Waals surface area contributed by atoms with Crippen LogP contribution in [0.1, 0.15) is 10.4 Å². The average molecular weight is 767 g/mol. The van der Waals surface area contributed by atoms with Crippen LogP contribution in [-0.2, 0) is 4.79 Å². The van der Waals surface area contributed by atoms with Crippen LogP contribution in [0.25, 0.3) is 33.4 Å². The zero-order valence-corrected chi connectivity index (χ0v) is 22.4. The fourth-order valence-electron chi connectivity index (χ4n) is 3.43. The Kier molecular flexibility index (Phi) is 6.63. The number of carboxylic acids is 1. The molecule has 0 unspecified atom stereocenters. The number of amides is 1. The molecule has 1 heterocycles. The largest absolute Gasteiger partial charge is 0.507 e. The van der Waals surface area contributed by atoms with Gasteiger partial charge in [0.1, 0.15) is 9.32 Å². The summed E-state index contributed by atoms with van der Waals surface area (Å²) in [6.45, 7) is 0. The molecule has 2 aromatic rings. The van der Waals surface area contributed by atoms with Crippen LogP contribution in [-0.4, -0.2) is 26.5 Å². The second-order valence-electron chi connectivity index (χ2n) is 6.75. The molecule has 0 saturated carbocycles. The quantitative estimate of drug-likeness (QED) is 0.143. The van der Waals surface area contributed by atoms with Crippen LogP contribution in [0, 0.1) is 7.14 Å². The molecule has 2 aromatic carbocycles. The van der Waals surface area contributed by atoms with Gasteiger partial charge in [0.25, 0.3) is 0 Å². The molecule has 0 fully saturated rings. The SMILES string of the molecule is O=C(CI)Nc1ccc(-c2c3ccc(=O)c(I)c-3oc3c(I)c(O)ccc23)c(C(=O)O)c1. The normalized spacial score (nSPS) is 11.1. The van der Waals surface area contributed by atoms with Crippen LogP contribution < -0.4 is 10.7 Å². The predicted molar refractivity (Wildman–Crippen MR) is 146 cm³/mol. The highest BCUT2D eigenvalue weighted by atomic mass is 127. The van der Waals surface area contributed by atoms with Gasteiger partial charge in [-0.25, -0.2) is 4.79 Å². The highest BCUT2D eigenvalue weighted by Crippen LogP contribution is 2.45. The topological polar surface area (TPSA) is 117 Å². The summed E-state index contributed by atoms with van der Waals surface area (Å²) >= 11 is 5.77. The zero-order valence-electron chi connectivity index (χ0n) is 15.9. The van der Waals surface area contributed by atoms with Crippen molar-refractivity contribution in [3.8, 4) is 28.2 Å². The van der Waals surface area contributed by atoms with Crippen molar-refractivity contribution in [1.29, 1.82) is 0 Å². The van der Waals surface area contributed by atoms with Gasteiger partial charge in [0.15, 0.2) is 16.8 Å². The van der Waals surface area contributed by atoms with E-state index in [9.17, 15) is 24.6 Å². The molecule has 1 aliphatic heterocycles. The van der Waals surface area contributed by atoms with Crippen molar-refractivity contribution < 1.29 is 24.2 Å². The lowest BCUT2D eigenvalue weighted by molar-refractivity contribution is -0.113. The zero-order chi connectivity index (χ0) is 23.2. The Balaban J connectivity index is 2.13. The summed E-state index contributed by atoms with van der Waals surface area (Å²) in [6.07, 6.45) is 0. The molecule has 0 atom stereocenters. The summed E-state index contributed by atoms with van der Waals surface area (Å²) in [5, 5.41) is 23.4. The van der Waals surface area contributed by atoms with Gasteiger partial charge in [0, 0.05) is 22.2 Å². The summed E-state index contributed by atoms with van der Waals surface area (Å²) < 4.78 is 7.07. The number of phenolic OH excluding ortho intramolecular Hbond substituents is 1. The first kappa shape index (κ1) is 23.2. The lowest BCUT2D eigenvalue weighted by Crippen LogP contribution is -2.13. The molecule has 1 amide bonds. The Bertz CT molecular complexity index is 1450. The van der Waals surface area contributed by atoms with Crippen molar-refractivity contribution >= 4 is 96.3 Å². The molecule has 2 aliphatic rings. The van der Waals surface area contributed by atoms with E-state index >= 15 is 0 Å². The van der Waals surface area contributed by atoms with Gasteiger partial charge in [-0.05, 0) is 87.1 Å². The lowest BCUT2D eigenvalue weighted by atomic mass is 9.90. The van der Waals surface area contributed by atoms with Crippen molar-refractivity contribution in [2.24, 2.45) is 0 Å². The number of aromatic hydroxyl groups is 1. The number of carbonyl (C=O) groups is 2. The van der Waals surface area contributed by atoms with Gasteiger partial charge >= 0.3 is 5.97 Å². The van der Waals surface area contributed by atoms with Crippen molar-refractivity contribution in [3.05, 3.63) is 65.4 Å². The fraction of sp³-hybridized carbons (Fsp3) is 0.0455. The van der Waals surface area contributed by atoms with Crippen LogP contribution in [0.4, 0.5) is 5.69 Å². The number of halogens is 3. The van der Waals surface area contributed by atoms with E-state index in [1.165, 1.54) is 18.2 Å². The van der Waals surface area contributed by atoms with E-state index in [1.807, 2.05) is 67.8 Å². The number of fused-ring (bicyclic) bond motifs is 2. The molecule has 7 nitrogen and oxygen atoms in total. The predicted octanol–water partition coefficient (Wildman–Crippen LogP) is 5.55. The van der Waals surface area contributed by atoms with Crippen molar-refractivity contribution in [2.75, 3.05) is 9.74 Å². The number of carbonyl (C=O) groups excluding carboxylic acids is 1. The van der Waals surface area contributed by atoms with Gasteiger partial charge in [-0.3, -0.25) is 9.59 Å². The smallest absolute Gasteiger partial charge is 0.336 e. The van der Waals surface area contributed by atoms with Crippen molar-refractivity contribution in [3.63, 3.8) is 0 Å². The summed E-state index contributed by atoms with van der Waals surface area (Å²) in [5.41, 5.74) is 1.98. The van der Waals surface area contributed by atoms with Gasteiger partial charge in [-0.15, -0.1) is 0 Å². The molecule has 0 radical (unpaired) electrons. The molecule has 4 rings (SSSR count). The minimum Gasteiger partial charge on any atom is -0.507 e. The van der Waals surface area contributed by atoms with E-state index in [-0.39, 0.29) is 27.1 Å². The third kappa shape index (κ3) is 4.07. The Morgan fingerprint density at radius 1 is 1.00 bits per heavy atom. The molecule has 10 heteroatoms. The van der Waals surface area contributed by atoms with Crippen LogP contribution in [0.2, 0.25) is 0 Å². The van der Waals surface area contributed by atoms with E-state index in [0.29, 0.717) is 46.2 Å². The molecule has 0 spiro atoms. The number of alkyl halides is 1. The number of carboxylic acid groups (broad SMARTS) is 1.